The van der Waals surface area contributed by atoms with Crippen LogP contribution in [-0.4, -0.2) is 41.5 Å². The van der Waals surface area contributed by atoms with Crippen molar-refractivity contribution in [3.63, 3.8) is 0 Å². The van der Waals surface area contributed by atoms with Gasteiger partial charge in [-0.15, -0.1) is 0 Å². The predicted octanol–water partition coefficient (Wildman–Crippen LogP) is 1.50. The fourth-order valence-corrected chi connectivity index (χ4v) is 3.39. The molecule has 1 aliphatic carbocycles. The van der Waals surface area contributed by atoms with Crippen LogP contribution in [0.3, 0.4) is 0 Å². The van der Waals surface area contributed by atoms with Crippen molar-refractivity contribution in [3.8, 4) is 0 Å². The summed E-state index contributed by atoms with van der Waals surface area (Å²) in [5, 5.41) is 11.7. The molecule has 0 aromatic heterocycles. The highest BCUT2D eigenvalue weighted by Crippen LogP contribution is 2.25. The van der Waals surface area contributed by atoms with E-state index in [4.69, 9.17) is 4.74 Å². The number of hydrogen-bond donors (Lipinski definition) is 2. The molecular weight excluding hydrogens is 310 g/mol. The maximum absolute atomic E-state index is 12.3. The minimum absolute atomic E-state index is 0.197. The van der Waals surface area contributed by atoms with E-state index in [9.17, 15) is 19.5 Å². The molecule has 0 radical (unpaired) electrons. The molecule has 1 atom stereocenters. The number of benzene rings is 1. The molecule has 2 N–H and O–H groups in total. The average molecular weight is 331 g/mol. The van der Waals surface area contributed by atoms with Gasteiger partial charge in [-0.25, -0.2) is 4.79 Å². The van der Waals surface area contributed by atoms with Crippen LogP contribution in [0.2, 0.25) is 0 Å². The normalized spacial score (nSPS) is 22.7. The molecule has 1 amide bonds. The molecule has 24 heavy (non-hydrogen) atoms. The third kappa shape index (κ3) is 3.19. The summed E-state index contributed by atoms with van der Waals surface area (Å²) in [6.45, 7) is 0.152. The molecule has 0 spiro atoms. The molecule has 1 fully saturated rings. The summed E-state index contributed by atoms with van der Waals surface area (Å²) < 4.78 is 5.29. The Labute approximate surface area is 140 Å². The first kappa shape index (κ1) is 16.6. The highest BCUT2D eigenvalue weighted by Gasteiger charge is 2.43. The summed E-state index contributed by atoms with van der Waals surface area (Å²) in [5.74, 6) is -2.54. The number of aryl methyl sites for hydroxylation is 2. The summed E-state index contributed by atoms with van der Waals surface area (Å²) in [6.07, 6.45) is 5.13. The number of aliphatic carboxylic acids is 1. The Morgan fingerprint density at radius 3 is 2.54 bits per heavy atom. The van der Waals surface area contributed by atoms with Gasteiger partial charge in [-0.1, -0.05) is 12.1 Å². The Kier molecular flexibility index (Phi) is 4.66. The largest absolute Gasteiger partial charge is 0.479 e. The van der Waals surface area contributed by atoms with Crippen LogP contribution in [0.15, 0.2) is 18.2 Å². The lowest BCUT2D eigenvalue weighted by Gasteiger charge is -2.23. The van der Waals surface area contributed by atoms with Gasteiger partial charge in [0.15, 0.2) is 5.60 Å². The van der Waals surface area contributed by atoms with Gasteiger partial charge in [0.05, 0.1) is 6.54 Å². The average Bonchev–Trinajstić information content (AvgIpc) is 3.09. The van der Waals surface area contributed by atoms with Crippen molar-refractivity contribution in [2.45, 2.75) is 44.1 Å². The highest BCUT2D eigenvalue weighted by atomic mass is 16.5. The number of ether oxygens (including phenoxy) is 1. The van der Waals surface area contributed by atoms with Crippen molar-refractivity contribution < 1.29 is 24.2 Å². The van der Waals surface area contributed by atoms with E-state index in [2.05, 4.69) is 5.32 Å². The second-order valence-electron chi connectivity index (χ2n) is 6.45. The number of amides is 1. The Balaban J connectivity index is 1.66. The molecule has 128 valence electrons. The van der Waals surface area contributed by atoms with Crippen LogP contribution in [0.5, 0.6) is 0 Å². The van der Waals surface area contributed by atoms with E-state index in [1.54, 1.807) is 12.1 Å². The summed E-state index contributed by atoms with van der Waals surface area (Å²) >= 11 is 0. The lowest BCUT2D eigenvalue weighted by atomic mass is 9.89. The monoisotopic (exact) mass is 331 g/mol. The number of ketones is 1. The maximum Gasteiger partial charge on any atom is 0.337 e. The molecule has 6 heteroatoms. The van der Waals surface area contributed by atoms with E-state index in [-0.39, 0.29) is 6.54 Å². The SMILES string of the molecule is O=C(NCC1(C(=O)O)CCCO1)C(=O)c1ccc2c(c1)CCCC2. The molecular formula is C18H21NO5. The molecule has 0 saturated carbocycles. The number of rotatable bonds is 5. The maximum atomic E-state index is 12.3. The zero-order valence-electron chi connectivity index (χ0n) is 13.5. The summed E-state index contributed by atoms with van der Waals surface area (Å²) in [4.78, 5) is 35.8. The van der Waals surface area contributed by atoms with Crippen molar-refractivity contribution in [1.82, 2.24) is 5.32 Å². The van der Waals surface area contributed by atoms with Gasteiger partial charge in [0.1, 0.15) is 0 Å². The van der Waals surface area contributed by atoms with Crippen LogP contribution in [-0.2, 0) is 27.2 Å². The molecule has 2 aliphatic rings. The number of carboxylic acids is 1. The van der Waals surface area contributed by atoms with Crippen LogP contribution in [0.4, 0.5) is 0 Å². The molecule has 1 unspecified atom stereocenters. The smallest absolute Gasteiger partial charge is 0.337 e. The first-order valence-corrected chi connectivity index (χ1v) is 8.33. The van der Waals surface area contributed by atoms with E-state index in [0.29, 0.717) is 25.0 Å². The topological polar surface area (TPSA) is 92.7 Å². The van der Waals surface area contributed by atoms with Gasteiger partial charge in [0, 0.05) is 12.2 Å². The van der Waals surface area contributed by atoms with Crippen molar-refractivity contribution in [2.24, 2.45) is 0 Å². The Bertz CT molecular complexity index is 676. The van der Waals surface area contributed by atoms with Crippen molar-refractivity contribution in [3.05, 3.63) is 34.9 Å². The van der Waals surface area contributed by atoms with Gasteiger partial charge in [-0.3, -0.25) is 9.59 Å². The standard InChI is InChI=1S/C18H21NO5/c20-15(14-7-6-12-4-1-2-5-13(12)10-14)16(21)19-11-18(17(22)23)8-3-9-24-18/h6-7,10H,1-5,8-9,11H2,(H,19,21)(H,22,23). The van der Waals surface area contributed by atoms with E-state index in [0.717, 1.165) is 31.2 Å². The number of nitrogens with one attached hydrogen (secondary N) is 1. The number of carbonyl (C=O) groups excluding carboxylic acids is 2. The lowest BCUT2D eigenvalue weighted by Crippen LogP contribution is -2.49. The number of fused-ring (bicyclic) bond motifs is 1. The Hall–Kier alpha value is -2.21. The fraction of sp³-hybridized carbons (Fsp3) is 0.500. The summed E-state index contributed by atoms with van der Waals surface area (Å²) in [5.41, 5.74) is 1.31. The third-order valence-electron chi connectivity index (χ3n) is 4.84. The van der Waals surface area contributed by atoms with Gasteiger partial charge in [-0.2, -0.15) is 0 Å². The number of carbonyl (C=O) groups is 3. The van der Waals surface area contributed by atoms with E-state index >= 15 is 0 Å². The minimum atomic E-state index is -1.41. The summed E-state index contributed by atoms with van der Waals surface area (Å²) in [7, 11) is 0. The Morgan fingerprint density at radius 1 is 1.12 bits per heavy atom. The van der Waals surface area contributed by atoms with Gasteiger partial charge >= 0.3 is 5.97 Å². The number of hydrogen-bond acceptors (Lipinski definition) is 4. The molecule has 6 nitrogen and oxygen atoms in total. The number of carboxylic acid groups (broad SMARTS) is 1. The van der Waals surface area contributed by atoms with E-state index < -0.39 is 23.3 Å². The minimum Gasteiger partial charge on any atom is -0.479 e. The van der Waals surface area contributed by atoms with Crippen LogP contribution in [0.1, 0.15) is 47.2 Å². The first-order valence-electron chi connectivity index (χ1n) is 8.33. The zero-order chi connectivity index (χ0) is 17.2. The predicted molar refractivity (Wildman–Crippen MR) is 86.0 cm³/mol. The van der Waals surface area contributed by atoms with Crippen LogP contribution >= 0.6 is 0 Å². The molecule has 1 aromatic rings. The van der Waals surface area contributed by atoms with Gasteiger partial charge < -0.3 is 15.2 Å². The molecule has 1 heterocycles. The fourth-order valence-electron chi connectivity index (χ4n) is 3.39. The van der Waals surface area contributed by atoms with Crippen molar-refractivity contribution in [2.75, 3.05) is 13.2 Å². The van der Waals surface area contributed by atoms with E-state index in [1.807, 2.05) is 6.07 Å². The third-order valence-corrected chi connectivity index (χ3v) is 4.84. The van der Waals surface area contributed by atoms with Gasteiger partial charge in [0.2, 0.25) is 5.78 Å². The van der Waals surface area contributed by atoms with Crippen molar-refractivity contribution in [1.29, 1.82) is 0 Å². The molecule has 0 bridgehead atoms. The van der Waals surface area contributed by atoms with Crippen LogP contribution in [0.25, 0.3) is 0 Å². The van der Waals surface area contributed by atoms with E-state index in [1.165, 1.54) is 5.56 Å². The van der Waals surface area contributed by atoms with Crippen molar-refractivity contribution >= 4 is 17.7 Å². The number of Topliss-reactive ketones (excluding diaryl/α,β-unsaturated/α-hetero) is 1. The molecule has 1 aromatic carbocycles. The van der Waals surface area contributed by atoms with Crippen LogP contribution < -0.4 is 5.32 Å². The second kappa shape index (κ2) is 6.73. The second-order valence-corrected chi connectivity index (χ2v) is 6.45. The molecule has 1 saturated heterocycles. The molecule has 3 rings (SSSR count). The first-order chi connectivity index (χ1) is 11.5. The lowest BCUT2D eigenvalue weighted by molar-refractivity contribution is -0.159. The zero-order valence-corrected chi connectivity index (χ0v) is 13.5. The quantitative estimate of drug-likeness (QED) is 0.630. The molecule has 1 aliphatic heterocycles. The summed E-state index contributed by atoms with van der Waals surface area (Å²) in [6, 6.07) is 5.37. The highest BCUT2D eigenvalue weighted by molar-refractivity contribution is 6.42. The van der Waals surface area contributed by atoms with Gasteiger partial charge in [-0.05, 0) is 55.7 Å². The van der Waals surface area contributed by atoms with Gasteiger partial charge in [0.25, 0.3) is 5.91 Å². The van der Waals surface area contributed by atoms with Crippen LogP contribution in [0, 0.1) is 0 Å². The Morgan fingerprint density at radius 2 is 1.88 bits per heavy atom.